The van der Waals surface area contributed by atoms with Gasteiger partial charge < -0.3 is 10.1 Å². The predicted molar refractivity (Wildman–Crippen MR) is 159 cm³/mol. The van der Waals surface area contributed by atoms with E-state index in [-0.39, 0.29) is 26.6 Å². The van der Waals surface area contributed by atoms with Crippen molar-refractivity contribution in [2.45, 2.75) is 50.6 Å². The fourth-order valence-corrected chi connectivity index (χ4v) is 6.34. The van der Waals surface area contributed by atoms with E-state index in [4.69, 9.17) is 27.9 Å². The third kappa shape index (κ3) is 5.74. The zero-order chi connectivity index (χ0) is 31.0. The molecule has 42 heavy (non-hydrogen) atoms. The second-order valence-electron chi connectivity index (χ2n) is 11.7. The van der Waals surface area contributed by atoms with Crippen molar-refractivity contribution in [3.05, 3.63) is 99.0 Å². The predicted octanol–water partition coefficient (Wildman–Crippen LogP) is 7.36. The van der Waals surface area contributed by atoms with Crippen molar-refractivity contribution in [1.82, 2.24) is 4.90 Å². The molecule has 220 valence electrons. The molecule has 1 N–H and O–H groups in total. The fourth-order valence-electron chi connectivity index (χ4n) is 6.00. The average Bonchev–Trinajstić information content (AvgIpc) is 3.17. The highest BCUT2D eigenvalue weighted by Gasteiger charge is 2.63. The molecule has 0 aliphatic carbocycles. The van der Waals surface area contributed by atoms with Crippen LogP contribution < -0.4 is 5.32 Å². The topological polar surface area (TPSA) is 82.4 Å². The summed E-state index contributed by atoms with van der Waals surface area (Å²) < 4.78 is 36.4. The van der Waals surface area contributed by atoms with E-state index in [9.17, 15) is 14.9 Å². The Hall–Kier alpha value is -3.51. The van der Waals surface area contributed by atoms with Gasteiger partial charge in [-0.2, -0.15) is 5.26 Å². The van der Waals surface area contributed by atoms with Gasteiger partial charge in [0, 0.05) is 28.2 Å². The first-order valence-electron chi connectivity index (χ1n) is 13.3. The third-order valence-corrected chi connectivity index (χ3v) is 8.32. The quantitative estimate of drug-likeness (QED) is 0.294. The number of nitrogens with zero attached hydrogens (tertiary/aromatic N) is 2. The monoisotopic (exact) mass is 613 g/mol. The molecule has 0 unspecified atom stereocenters. The number of nitrogens with one attached hydrogen (secondary N) is 1. The normalized spacial score (nSPS) is 22.4. The first-order valence-corrected chi connectivity index (χ1v) is 14.0. The number of anilines is 1. The van der Waals surface area contributed by atoms with Crippen molar-refractivity contribution in [2.24, 2.45) is 5.41 Å². The number of rotatable bonds is 6. The summed E-state index contributed by atoms with van der Waals surface area (Å²) in [5.41, 5.74) is -1.40. The van der Waals surface area contributed by atoms with Crippen LogP contribution in [0.4, 0.5) is 14.5 Å². The summed E-state index contributed by atoms with van der Waals surface area (Å²) in [6, 6.07) is 15.0. The zero-order valence-electron chi connectivity index (χ0n) is 23.8. The van der Waals surface area contributed by atoms with E-state index in [2.05, 4.69) is 11.4 Å². The number of benzene rings is 3. The van der Waals surface area contributed by atoms with Crippen LogP contribution in [0.5, 0.6) is 0 Å². The van der Waals surface area contributed by atoms with E-state index in [0.717, 1.165) is 6.07 Å². The number of methoxy groups -OCH3 is 1. The van der Waals surface area contributed by atoms with E-state index in [1.807, 2.05) is 20.8 Å². The lowest BCUT2D eigenvalue weighted by Crippen LogP contribution is -2.45. The Morgan fingerprint density at radius 3 is 2.33 bits per heavy atom. The summed E-state index contributed by atoms with van der Waals surface area (Å²) in [6.45, 7) is 5.94. The minimum absolute atomic E-state index is 0.0117. The molecule has 0 aromatic heterocycles. The van der Waals surface area contributed by atoms with Gasteiger partial charge in [0.1, 0.15) is 17.0 Å². The Balaban J connectivity index is 1.95. The van der Waals surface area contributed by atoms with Gasteiger partial charge in [-0.3, -0.25) is 9.69 Å². The van der Waals surface area contributed by atoms with Gasteiger partial charge in [-0.1, -0.05) is 62.2 Å². The Kier molecular flexibility index (Phi) is 8.98. The maximum Gasteiger partial charge on any atom is 0.337 e. The van der Waals surface area contributed by atoms with Gasteiger partial charge in [0.05, 0.1) is 29.8 Å². The molecule has 1 amide bonds. The molecule has 1 fully saturated rings. The van der Waals surface area contributed by atoms with Gasteiger partial charge in [0.2, 0.25) is 5.91 Å². The molecule has 0 saturated carbocycles. The molecule has 6 nitrogen and oxygen atoms in total. The molecule has 0 radical (unpaired) electrons. The van der Waals surface area contributed by atoms with E-state index < -0.39 is 46.9 Å². The van der Waals surface area contributed by atoms with Crippen LogP contribution in [-0.2, 0) is 14.9 Å². The number of likely N-dealkylation sites (N-methyl/N-ethyl adjacent to an activating group) is 1. The Labute approximate surface area is 254 Å². The SMILES string of the molecule is COC(=O)c1ccc(NC(=O)[C@H]2[C@H](c3cccc(Cl)c3F)[C@@](C#N)(c3ccc(Cl)cc3F)[C@H](CC(C)(C)C)N2C)cc1. The highest BCUT2D eigenvalue weighted by atomic mass is 35.5. The van der Waals surface area contributed by atoms with Crippen molar-refractivity contribution >= 4 is 40.8 Å². The molecule has 0 spiro atoms. The first-order chi connectivity index (χ1) is 19.7. The highest BCUT2D eigenvalue weighted by Crippen LogP contribution is 2.56. The van der Waals surface area contributed by atoms with Crippen molar-refractivity contribution in [2.75, 3.05) is 19.5 Å². The summed E-state index contributed by atoms with van der Waals surface area (Å²) in [5.74, 6) is -3.78. The largest absolute Gasteiger partial charge is 0.465 e. The lowest BCUT2D eigenvalue weighted by molar-refractivity contribution is -0.120. The molecule has 4 rings (SSSR count). The summed E-state index contributed by atoms with van der Waals surface area (Å²) in [7, 11) is 2.95. The lowest BCUT2D eigenvalue weighted by Gasteiger charge is -2.38. The number of carbonyl (C=O) groups is 2. The Morgan fingerprint density at radius 2 is 1.76 bits per heavy atom. The van der Waals surface area contributed by atoms with Gasteiger partial charge >= 0.3 is 5.97 Å². The van der Waals surface area contributed by atoms with Gasteiger partial charge in [0.25, 0.3) is 0 Å². The summed E-state index contributed by atoms with van der Waals surface area (Å²) in [4.78, 5) is 27.7. The van der Waals surface area contributed by atoms with Crippen LogP contribution in [0.1, 0.15) is 54.6 Å². The zero-order valence-corrected chi connectivity index (χ0v) is 25.4. The van der Waals surface area contributed by atoms with Crippen LogP contribution in [0, 0.1) is 28.4 Å². The molecule has 1 saturated heterocycles. The van der Waals surface area contributed by atoms with Crippen LogP contribution in [0.3, 0.4) is 0 Å². The molecule has 1 aliphatic heterocycles. The minimum atomic E-state index is -1.72. The van der Waals surface area contributed by atoms with E-state index >= 15 is 8.78 Å². The number of hydrogen-bond donors (Lipinski definition) is 1. The molecule has 1 aliphatic rings. The third-order valence-electron chi connectivity index (χ3n) is 7.79. The maximum absolute atomic E-state index is 15.9. The number of ether oxygens (including phenoxy) is 1. The van der Waals surface area contributed by atoms with E-state index in [0.29, 0.717) is 17.7 Å². The molecule has 3 aromatic rings. The van der Waals surface area contributed by atoms with E-state index in [1.165, 1.54) is 55.6 Å². The van der Waals surface area contributed by atoms with Gasteiger partial charge in [0.15, 0.2) is 0 Å². The van der Waals surface area contributed by atoms with Gasteiger partial charge in [-0.25, -0.2) is 13.6 Å². The number of likely N-dealkylation sites (tertiary alicyclic amines) is 1. The molecule has 3 aromatic carbocycles. The van der Waals surface area contributed by atoms with E-state index in [1.54, 1.807) is 18.0 Å². The molecule has 10 heteroatoms. The van der Waals surface area contributed by atoms with Crippen molar-refractivity contribution in [1.29, 1.82) is 5.26 Å². The van der Waals surface area contributed by atoms with Gasteiger partial charge in [-0.05, 0) is 66.9 Å². The molecule has 0 bridgehead atoms. The van der Waals surface area contributed by atoms with Crippen LogP contribution in [0.25, 0.3) is 0 Å². The summed E-state index contributed by atoms with van der Waals surface area (Å²) in [5, 5.41) is 13.8. The van der Waals surface area contributed by atoms with Gasteiger partial charge in [-0.15, -0.1) is 0 Å². The van der Waals surface area contributed by atoms with Crippen molar-refractivity contribution in [3.8, 4) is 6.07 Å². The Morgan fingerprint density at radius 1 is 1.10 bits per heavy atom. The summed E-state index contributed by atoms with van der Waals surface area (Å²) in [6.07, 6.45) is 0.370. The average molecular weight is 615 g/mol. The molecular formula is C32H31Cl2F2N3O3. The number of carbonyl (C=O) groups excluding carboxylic acids is 2. The number of esters is 1. The van der Waals surface area contributed by atoms with Crippen LogP contribution in [0.2, 0.25) is 10.0 Å². The molecule has 4 atom stereocenters. The summed E-state index contributed by atoms with van der Waals surface area (Å²) >= 11 is 12.3. The lowest BCUT2D eigenvalue weighted by atomic mass is 9.62. The standard InChI is InChI=1S/C32H31Cl2F2N3O3/c1-31(2,3)16-25-32(17-37,22-14-11-19(33)15-24(22)35)26(21-7-6-8-23(34)27(21)36)28(39(25)4)29(40)38-20-12-9-18(10-13-20)30(41)42-5/h6-15,25-26,28H,16H2,1-5H3,(H,38,40)/t25-,26-,28+,32-/m0/s1. The number of amides is 1. The van der Waals surface area contributed by atoms with Crippen LogP contribution in [-0.4, -0.2) is 43.0 Å². The van der Waals surface area contributed by atoms with Crippen molar-refractivity contribution < 1.29 is 23.1 Å². The second-order valence-corrected chi connectivity index (χ2v) is 12.5. The molecular weight excluding hydrogens is 583 g/mol. The van der Waals surface area contributed by atoms with Crippen LogP contribution >= 0.6 is 23.2 Å². The first kappa shape index (κ1) is 31.4. The molecule has 1 heterocycles. The number of nitriles is 1. The van der Waals surface area contributed by atoms with Crippen LogP contribution in [0.15, 0.2) is 60.7 Å². The van der Waals surface area contributed by atoms with Crippen molar-refractivity contribution in [3.63, 3.8) is 0 Å². The maximum atomic E-state index is 15.9. The number of hydrogen-bond acceptors (Lipinski definition) is 5. The smallest absolute Gasteiger partial charge is 0.337 e. The number of halogens is 4. The fraction of sp³-hybridized carbons (Fsp3) is 0.344. The second kappa shape index (κ2) is 12.0. The Bertz CT molecular complexity index is 1550. The minimum Gasteiger partial charge on any atom is -0.465 e. The highest BCUT2D eigenvalue weighted by molar-refractivity contribution is 6.31.